The van der Waals surface area contributed by atoms with Crippen LogP contribution in [0, 0.1) is 6.92 Å². The number of nitrogens with zero attached hydrogens (tertiary/aromatic N) is 4. The van der Waals surface area contributed by atoms with Crippen LogP contribution >= 0.6 is 0 Å². The fraction of sp³-hybridized carbons (Fsp3) is 0.304. The SMILES string of the molecule is Cc1ccc2c(N3CCN(C(=O)[C@H](O)CC(=O)O)CC3)nc(-c3ccccc3O)nc2c1. The molecule has 1 fully saturated rings. The van der Waals surface area contributed by atoms with E-state index < -0.39 is 24.4 Å². The number of carbonyl (C=O) groups is 2. The molecule has 0 bridgehead atoms. The van der Waals surface area contributed by atoms with Crippen LogP contribution in [-0.2, 0) is 9.59 Å². The summed E-state index contributed by atoms with van der Waals surface area (Å²) >= 11 is 0. The van der Waals surface area contributed by atoms with Gasteiger partial charge >= 0.3 is 5.97 Å². The molecule has 1 aromatic heterocycles. The number of fused-ring (bicyclic) bond motifs is 1. The molecule has 4 rings (SSSR count). The summed E-state index contributed by atoms with van der Waals surface area (Å²) in [6, 6.07) is 12.8. The van der Waals surface area contributed by atoms with Gasteiger partial charge in [-0.25, -0.2) is 9.97 Å². The van der Waals surface area contributed by atoms with E-state index in [4.69, 9.17) is 10.1 Å². The van der Waals surface area contributed by atoms with Gasteiger partial charge in [0.2, 0.25) is 0 Å². The number of para-hydroxylation sites is 1. The molecule has 1 amide bonds. The smallest absolute Gasteiger partial charge is 0.306 e. The second-order valence-corrected chi connectivity index (χ2v) is 7.83. The highest BCUT2D eigenvalue weighted by Crippen LogP contribution is 2.32. The summed E-state index contributed by atoms with van der Waals surface area (Å²) in [5, 5.41) is 29.8. The van der Waals surface area contributed by atoms with Gasteiger partial charge in [0, 0.05) is 31.6 Å². The Hall–Kier alpha value is -3.72. The molecule has 2 heterocycles. The molecular weight excluding hydrogens is 412 g/mol. The number of aliphatic hydroxyl groups excluding tert-OH is 1. The quantitative estimate of drug-likeness (QED) is 0.553. The van der Waals surface area contributed by atoms with Crippen LogP contribution in [0.3, 0.4) is 0 Å². The maximum Gasteiger partial charge on any atom is 0.306 e. The van der Waals surface area contributed by atoms with Crippen molar-refractivity contribution in [3.8, 4) is 17.1 Å². The number of carboxylic acids is 1. The number of aliphatic carboxylic acids is 1. The van der Waals surface area contributed by atoms with Crippen molar-refractivity contribution < 1.29 is 24.9 Å². The van der Waals surface area contributed by atoms with Crippen molar-refractivity contribution in [1.82, 2.24) is 14.9 Å². The van der Waals surface area contributed by atoms with Gasteiger partial charge in [0.25, 0.3) is 5.91 Å². The van der Waals surface area contributed by atoms with E-state index in [1.165, 1.54) is 4.90 Å². The predicted molar refractivity (Wildman–Crippen MR) is 118 cm³/mol. The van der Waals surface area contributed by atoms with Gasteiger partial charge in [0.15, 0.2) is 5.82 Å². The van der Waals surface area contributed by atoms with Crippen LogP contribution in [0.2, 0.25) is 0 Å². The molecule has 0 aliphatic carbocycles. The third-order valence-electron chi connectivity index (χ3n) is 5.52. The Morgan fingerprint density at radius 1 is 1.06 bits per heavy atom. The van der Waals surface area contributed by atoms with Crippen LogP contribution in [0.25, 0.3) is 22.3 Å². The van der Waals surface area contributed by atoms with Gasteiger partial charge in [-0.3, -0.25) is 9.59 Å². The molecule has 1 aliphatic heterocycles. The number of carboxylic acid groups (broad SMARTS) is 1. The number of aromatic hydroxyl groups is 1. The van der Waals surface area contributed by atoms with Gasteiger partial charge in [-0.15, -0.1) is 0 Å². The Morgan fingerprint density at radius 3 is 2.47 bits per heavy atom. The monoisotopic (exact) mass is 436 g/mol. The third-order valence-corrected chi connectivity index (χ3v) is 5.52. The molecule has 0 unspecified atom stereocenters. The Bertz CT molecular complexity index is 1170. The maximum atomic E-state index is 12.3. The van der Waals surface area contributed by atoms with E-state index in [2.05, 4.69) is 4.98 Å². The lowest BCUT2D eigenvalue weighted by molar-refractivity contribution is -0.148. The number of piperazine rings is 1. The molecule has 3 aromatic rings. The highest BCUT2D eigenvalue weighted by Gasteiger charge is 2.29. The zero-order valence-corrected chi connectivity index (χ0v) is 17.6. The number of hydrogen-bond donors (Lipinski definition) is 3. The van der Waals surface area contributed by atoms with E-state index in [9.17, 15) is 19.8 Å². The Balaban J connectivity index is 1.64. The lowest BCUT2D eigenvalue weighted by Gasteiger charge is -2.36. The minimum atomic E-state index is -1.55. The standard InChI is InChI=1S/C23H24N4O5/c1-14-6-7-15-17(12-14)24-21(16-4-2-3-5-18(16)28)25-22(15)26-8-10-27(11-9-26)23(32)19(29)13-20(30)31/h2-7,12,19,28-29H,8-11,13H2,1H3,(H,30,31)/t19-/m1/s1. The number of amides is 1. The van der Waals surface area contributed by atoms with Crippen molar-refractivity contribution in [3.63, 3.8) is 0 Å². The van der Waals surface area contributed by atoms with E-state index in [0.29, 0.717) is 43.4 Å². The van der Waals surface area contributed by atoms with Gasteiger partial charge < -0.3 is 25.1 Å². The molecule has 9 heteroatoms. The highest BCUT2D eigenvalue weighted by molar-refractivity contribution is 5.92. The van der Waals surface area contributed by atoms with Gasteiger partial charge in [-0.1, -0.05) is 18.2 Å². The van der Waals surface area contributed by atoms with Gasteiger partial charge in [-0.05, 0) is 36.8 Å². The van der Waals surface area contributed by atoms with E-state index >= 15 is 0 Å². The van der Waals surface area contributed by atoms with E-state index in [1.54, 1.807) is 18.2 Å². The van der Waals surface area contributed by atoms with Crippen molar-refractivity contribution in [3.05, 3.63) is 48.0 Å². The highest BCUT2D eigenvalue weighted by atomic mass is 16.4. The molecule has 32 heavy (non-hydrogen) atoms. The van der Waals surface area contributed by atoms with Crippen LogP contribution in [0.15, 0.2) is 42.5 Å². The summed E-state index contributed by atoms with van der Waals surface area (Å²) in [7, 11) is 0. The fourth-order valence-electron chi connectivity index (χ4n) is 3.85. The van der Waals surface area contributed by atoms with Crippen molar-refractivity contribution in [1.29, 1.82) is 0 Å². The molecule has 9 nitrogen and oxygen atoms in total. The number of aryl methyl sites for hydroxylation is 1. The molecule has 0 radical (unpaired) electrons. The number of benzene rings is 2. The van der Waals surface area contributed by atoms with Crippen molar-refractivity contribution in [2.75, 3.05) is 31.1 Å². The number of anilines is 1. The topological polar surface area (TPSA) is 127 Å². The van der Waals surface area contributed by atoms with E-state index in [-0.39, 0.29) is 5.75 Å². The van der Waals surface area contributed by atoms with Crippen molar-refractivity contribution in [2.24, 2.45) is 0 Å². The van der Waals surface area contributed by atoms with Crippen LogP contribution in [-0.4, -0.2) is 74.3 Å². The summed E-state index contributed by atoms with van der Waals surface area (Å²) in [6.07, 6.45) is -2.16. The lowest BCUT2D eigenvalue weighted by Crippen LogP contribution is -2.52. The minimum Gasteiger partial charge on any atom is -0.507 e. The molecule has 3 N–H and O–H groups in total. The van der Waals surface area contributed by atoms with Gasteiger partial charge in [0.1, 0.15) is 17.7 Å². The molecule has 1 aliphatic rings. The summed E-state index contributed by atoms with van der Waals surface area (Å²) in [5.41, 5.74) is 2.33. The summed E-state index contributed by atoms with van der Waals surface area (Å²) in [5.74, 6) is -0.597. The average Bonchev–Trinajstić information content (AvgIpc) is 2.77. The largest absolute Gasteiger partial charge is 0.507 e. The maximum absolute atomic E-state index is 12.3. The first-order valence-corrected chi connectivity index (χ1v) is 10.3. The first kappa shape index (κ1) is 21.5. The number of aliphatic hydroxyl groups is 1. The Morgan fingerprint density at radius 2 is 1.78 bits per heavy atom. The van der Waals surface area contributed by atoms with Gasteiger partial charge in [0.05, 0.1) is 17.5 Å². The molecule has 0 saturated carbocycles. The molecule has 1 saturated heterocycles. The number of aromatic nitrogens is 2. The molecule has 2 aromatic carbocycles. The third kappa shape index (κ3) is 4.33. The predicted octanol–water partition coefficient (Wildman–Crippen LogP) is 1.80. The van der Waals surface area contributed by atoms with Crippen LogP contribution in [0.5, 0.6) is 5.75 Å². The first-order valence-electron chi connectivity index (χ1n) is 10.3. The lowest BCUT2D eigenvalue weighted by atomic mass is 10.1. The summed E-state index contributed by atoms with van der Waals surface area (Å²) in [6.45, 7) is 3.57. The molecule has 166 valence electrons. The minimum absolute atomic E-state index is 0.0910. The normalized spacial score (nSPS) is 15.1. The Kier molecular flexibility index (Phi) is 5.91. The second-order valence-electron chi connectivity index (χ2n) is 7.83. The summed E-state index contributed by atoms with van der Waals surface area (Å²) in [4.78, 5) is 36.1. The van der Waals surface area contributed by atoms with E-state index in [0.717, 1.165) is 16.5 Å². The number of hydrogen-bond acceptors (Lipinski definition) is 7. The van der Waals surface area contributed by atoms with Crippen LogP contribution in [0.4, 0.5) is 5.82 Å². The Labute approximate surface area is 184 Å². The fourth-order valence-corrected chi connectivity index (χ4v) is 3.85. The first-order chi connectivity index (χ1) is 15.3. The van der Waals surface area contributed by atoms with Crippen LogP contribution in [0.1, 0.15) is 12.0 Å². The number of rotatable bonds is 5. The zero-order valence-electron chi connectivity index (χ0n) is 17.6. The number of phenols is 1. The average molecular weight is 436 g/mol. The second kappa shape index (κ2) is 8.80. The molecule has 0 spiro atoms. The number of carbonyl (C=O) groups excluding carboxylic acids is 1. The molecule has 1 atom stereocenters. The number of phenolic OH excluding ortho intramolecular Hbond substituents is 1. The van der Waals surface area contributed by atoms with E-state index in [1.807, 2.05) is 36.1 Å². The van der Waals surface area contributed by atoms with Crippen molar-refractivity contribution >= 4 is 28.6 Å². The summed E-state index contributed by atoms with van der Waals surface area (Å²) < 4.78 is 0. The van der Waals surface area contributed by atoms with Gasteiger partial charge in [-0.2, -0.15) is 0 Å². The van der Waals surface area contributed by atoms with Crippen LogP contribution < -0.4 is 4.90 Å². The molecular formula is C23H24N4O5. The zero-order chi connectivity index (χ0) is 22.8. The van der Waals surface area contributed by atoms with Crippen molar-refractivity contribution in [2.45, 2.75) is 19.4 Å².